The van der Waals surface area contributed by atoms with Crippen LogP contribution < -0.4 is 16.6 Å². The van der Waals surface area contributed by atoms with Crippen LogP contribution in [0.15, 0.2) is 0 Å². The molecule has 0 bridgehead atoms. The van der Waals surface area contributed by atoms with E-state index < -0.39 is 6.04 Å². The third kappa shape index (κ3) is 5.12. The predicted molar refractivity (Wildman–Crippen MR) is 63.9 cm³/mol. The van der Waals surface area contributed by atoms with Crippen LogP contribution in [0.25, 0.3) is 0 Å². The summed E-state index contributed by atoms with van der Waals surface area (Å²) in [6.07, 6.45) is 0. The minimum Gasteiger partial charge on any atom is -0.383 e. The number of likely N-dealkylation sites (N-methyl/N-ethyl adjacent to an activating group) is 1. The van der Waals surface area contributed by atoms with E-state index >= 15 is 0 Å². The number of amides is 2. The molecule has 2 unspecified atom stereocenters. The van der Waals surface area contributed by atoms with Crippen molar-refractivity contribution < 1.29 is 14.3 Å². The summed E-state index contributed by atoms with van der Waals surface area (Å²) >= 11 is 0. The molecule has 0 rings (SSSR count). The van der Waals surface area contributed by atoms with Gasteiger partial charge in [0.2, 0.25) is 5.91 Å². The number of ether oxygens (including phenoxy) is 1. The fourth-order valence-corrected chi connectivity index (χ4v) is 1.55. The average Bonchev–Trinajstić information content (AvgIpc) is 2.33. The van der Waals surface area contributed by atoms with E-state index in [1.54, 1.807) is 25.9 Å². The molecule has 7 nitrogen and oxygen atoms in total. The first-order valence-electron chi connectivity index (χ1n) is 5.39. The Kier molecular flexibility index (Phi) is 7.44. The zero-order valence-corrected chi connectivity index (χ0v) is 10.8. The first kappa shape index (κ1) is 15.8. The number of nitrogens with one attached hydrogen (secondary N) is 2. The molecule has 7 heteroatoms. The highest BCUT2D eigenvalue weighted by molar-refractivity contribution is 5.81. The molecule has 0 spiro atoms. The molecule has 0 radical (unpaired) electrons. The van der Waals surface area contributed by atoms with Gasteiger partial charge in [-0.2, -0.15) is 0 Å². The number of hydrogen-bond donors (Lipinski definition) is 3. The smallest absolute Gasteiger partial charge is 0.253 e. The van der Waals surface area contributed by atoms with Gasteiger partial charge in [-0.05, 0) is 7.05 Å². The molecule has 100 valence electrons. The molecule has 0 saturated carbocycles. The second-order valence-corrected chi connectivity index (χ2v) is 3.93. The van der Waals surface area contributed by atoms with Crippen molar-refractivity contribution in [3.05, 3.63) is 0 Å². The van der Waals surface area contributed by atoms with Gasteiger partial charge in [0, 0.05) is 26.6 Å². The zero-order chi connectivity index (χ0) is 13.4. The highest BCUT2D eigenvalue weighted by Gasteiger charge is 2.25. The fourth-order valence-electron chi connectivity index (χ4n) is 1.55. The Balaban J connectivity index is 4.46. The first-order chi connectivity index (χ1) is 7.97. The summed E-state index contributed by atoms with van der Waals surface area (Å²) in [4.78, 5) is 24.6. The van der Waals surface area contributed by atoms with E-state index in [0.29, 0.717) is 6.54 Å². The zero-order valence-electron chi connectivity index (χ0n) is 10.8. The van der Waals surface area contributed by atoms with E-state index in [1.165, 1.54) is 7.11 Å². The number of methoxy groups -OCH3 is 1. The highest BCUT2D eigenvalue weighted by Crippen LogP contribution is 2.04. The van der Waals surface area contributed by atoms with E-state index in [-0.39, 0.29) is 24.3 Å². The summed E-state index contributed by atoms with van der Waals surface area (Å²) in [5.41, 5.74) is 2.09. The maximum atomic E-state index is 11.5. The summed E-state index contributed by atoms with van der Waals surface area (Å²) < 4.78 is 4.96. The van der Waals surface area contributed by atoms with Gasteiger partial charge in [-0.1, -0.05) is 6.92 Å². The quantitative estimate of drug-likeness (QED) is 0.283. The Hall–Kier alpha value is -1.18. The van der Waals surface area contributed by atoms with Gasteiger partial charge in [0.15, 0.2) is 0 Å². The van der Waals surface area contributed by atoms with Crippen molar-refractivity contribution in [1.82, 2.24) is 15.6 Å². The van der Waals surface area contributed by atoms with Crippen LogP contribution in [-0.4, -0.2) is 57.1 Å². The molecule has 0 aliphatic rings. The van der Waals surface area contributed by atoms with Crippen LogP contribution in [0.3, 0.4) is 0 Å². The van der Waals surface area contributed by atoms with Crippen LogP contribution in [-0.2, 0) is 14.3 Å². The van der Waals surface area contributed by atoms with Gasteiger partial charge < -0.3 is 10.1 Å². The lowest BCUT2D eigenvalue weighted by atomic mass is 10.1. The van der Waals surface area contributed by atoms with Crippen molar-refractivity contribution in [2.75, 3.05) is 34.4 Å². The van der Waals surface area contributed by atoms with Crippen LogP contribution in [0.2, 0.25) is 0 Å². The monoisotopic (exact) mass is 246 g/mol. The van der Waals surface area contributed by atoms with Crippen LogP contribution >= 0.6 is 0 Å². The second-order valence-electron chi connectivity index (χ2n) is 3.93. The molecular weight excluding hydrogens is 224 g/mol. The fraction of sp³-hybridized carbons (Fsp3) is 0.800. The Bertz CT molecular complexity index is 260. The first-order valence-corrected chi connectivity index (χ1v) is 5.39. The number of hydrazine groups is 1. The van der Waals surface area contributed by atoms with Gasteiger partial charge in [-0.15, -0.1) is 0 Å². The molecule has 2 amide bonds. The van der Waals surface area contributed by atoms with E-state index in [4.69, 9.17) is 10.6 Å². The summed E-state index contributed by atoms with van der Waals surface area (Å²) in [5, 5.41) is 2.56. The van der Waals surface area contributed by atoms with Crippen molar-refractivity contribution >= 4 is 11.8 Å². The lowest BCUT2D eigenvalue weighted by molar-refractivity contribution is -0.130. The lowest BCUT2D eigenvalue weighted by Crippen LogP contribution is -2.51. The number of carbonyl (C=O) groups excluding carboxylic acids is 2. The van der Waals surface area contributed by atoms with Crippen LogP contribution in [0.5, 0.6) is 0 Å². The van der Waals surface area contributed by atoms with Crippen molar-refractivity contribution in [2.45, 2.75) is 13.0 Å². The van der Waals surface area contributed by atoms with E-state index in [1.807, 2.05) is 0 Å². The summed E-state index contributed by atoms with van der Waals surface area (Å²) in [7, 11) is 4.84. The largest absolute Gasteiger partial charge is 0.383 e. The Labute approximate surface area is 102 Å². The Morgan fingerprint density at radius 2 is 2.00 bits per heavy atom. The summed E-state index contributed by atoms with van der Waals surface area (Å²) in [5.74, 6) is 4.48. The van der Waals surface area contributed by atoms with Crippen LogP contribution in [0.4, 0.5) is 0 Å². The maximum Gasteiger partial charge on any atom is 0.253 e. The standard InChI is InChI=1S/C10H22N4O3/c1-7(9(15)12-2)5-14(3)8(6-17-4)10(16)13-11/h7-8H,5-6,11H2,1-4H3,(H,12,15)(H,13,16). The van der Waals surface area contributed by atoms with Gasteiger partial charge in [0.25, 0.3) is 5.91 Å². The van der Waals surface area contributed by atoms with Gasteiger partial charge in [0.1, 0.15) is 6.04 Å². The van der Waals surface area contributed by atoms with Gasteiger partial charge in [-0.25, -0.2) is 5.84 Å². The van der Waals surface area contributed by atoms with Gasteiger partial charge in [-0.3, -0.25) is 19.9 Å². The van der Waals surface area contributed by atoms with Crippen LogP contribution in [0, 0.1) is 5.92 Å². The normalized spacial score (nSPS) is 14.2. The number of nitrogens with zero attached hydrogens (tertiary/aromatic N) is 1. The number of nitrogens with two attached hydrogens (primary N) is 1. The SMILES string of the molecule is CNC(=O)C(C)CN(C)C(COC)C(=O)NN. The summed E-state index contributed by atoms with van der Waals surface area (Å²) in [6, 6.07) is -0.503. The molecule has 4 N–H and O–H groups in total. The minimum atomic E-state index is -0.503. The van der Waals surface area contributed by atoms with Crippen molar-refractivity contribution in [3.8, 4) is 0 Å². The number of rotatable bonds is 7. The highest BCUT2D eigenvalue weighted by atomic mass is 16.5. The number of carbonyl (C=O) groups is 2. The molecule has 17 heavy (non-hydrogen) atoms. The van der Waals surface area contributed by atoms with Crippen molar-refractivity contribution in [1.29, 1.82) is 0 Å². The Morgan fingerprint density at radius 1 is 1.41 bits per heavy atom. The lowest BCUT2D eigenvalue weighted by Gasteiger charge is -2.27. The summed E-state index contributed by atoms with van der Waals surface area (Å²) in [6.45, 7) is 2.46. The Morgan fingerprint density at radius 3 is 2.41 bits per heavy atom. The molecule has 2 atom stereocenters. The van der Waals surface area contributed by atoms with E-state index in [9.17, 15) is 9.59 Å². The molecule has 0 heterocycles. The molecule has 0 aromatic rings. The topological polar surface area (TPSA) is 96.7 Å². The average molecular weight is 246 g/mol. The molecule has 0 aromatic carbocycles. The molecule has 0 aromatic heterocycles. The van der Waals surface area contributed by atoms with Crippen molar-refractivity contribution in [2.24, 2.45) is 11.8 Å². The minimum absolute atomic E-state index is 0.0684. The predicted octanol–water partition coefficient (Wildman–Crippen LogP) is -1.69. The molecule has 0 saturated heterocycles. The molecule has 0 aliphatic heterocycles. The maximum absolute atomic E-state index is 11.5. The third-order valence-electron chi connectivity index (χ3n) is 2.56. The van der Waals surface area contributed by atoms with E-state index in [0.717, 1.165) is 0 Å². The third-order valence-corrected chi connectivity index (χ3v) is 2.56. The van der Waals surface area contributed by atoms with Crippen molar-refractivity contribution in [3.63, 3.8) is 0 Å². The van der Waals surface area contributed by atoms with E-state index in [2.05, 4.69) is 10.7 Å². The van der Waals surface area contributed by atoms with Gasteiger partial charge >= 0.3 is 0 Å². The molecule has 0 aliphatic carbocycles. The number of hydrogen-bond acceptors (Lipinski definition) is 5. The van der Waals surface area contributed by atoms with Crippen LogP contribution in [0.1, 0.15) is 6.92 Å². The molecular formula is C10H22N4O3. The van der Waals surface area contributed by atoms with Gasteiger partial charge in [0.05, 0.1) is 6.61 Å². The molecule has 0 fully saturated rings. The second kappa shape index (κ2) is 7.99.